The molecule has 0 radical (unpaired) electrons. The summed E-state index contributed by atoms with van der Waals surface area (Å²) in [5, 5.41) is 0. The van der Waals surface area contributed by atoms with Crippen molar-refractivity contribution in [3.63, 3.8) is 0 Å². The van der Waals surface area contributed by atoms with Crippen LogP contribution in [0.5, 0.6) is 5.75 Å². The Morgan fingerprint density at radius 2 is 2.07 bits per heavy atom. The van der Waals surface area contributed by atoms with Crippen molar-refractivity contribution in [2.24, 2.45) is 0 Å². The zero-order valence-corrected chi connectivity index (χ0v) is 9.69. The van der Waals surface area contributed by atoms with Gasteiger partial charge in [0.25, 0.3) is 0 Å². The SMILES string of the molecule is CCC(=[N+]=[N-])C(=O)Oc1ccc(Br)cc1. The fourth-order valence-electron chi connectivity index (χ4n) is 0.924. The fourth-order valence-corrected chi connectivity index (χ4v) is 1.19. The Hall–Kier alpha value is -1.45. The Labute approximate surface area is 95.6 Å². The molecular weight excluding hydrogens is 260 g/mol. The lowest BCUT2D eigenvalue weighted by Gasteiger charge is -2.00. The van der Waals surface area contributed by atoms with E-state index in [0.717, 1.165) is 4.47 Å². The number of benzene rings is 1. The minimum atomic E-state index is -0.637. The van der Waals surface area contributed by atoms with E-state index in [-0.39, 0.29) is 5.71 Å². The second-order valence-corrected chi connectivity index (χ2v) is 3.66. The van der Waals surface area contributed by atoms with Gasteiger partial charge in [-0.05, 0) is 24.3 Å². The van der Waals surface area contributed by atoms with Gasteiger partial charge in [-0.2, -0.15) is 4.79 Å². The predicted octanol–water partition coefficient (Wildman–Crippen LogP) is 2.44. The first-order chi connectivity index (χ1) is 7.17. The molecule has 15 heavy (non-hydrogen) atoms. The highest BCUT2D eigenvalue weighted by Crippen LogP contribution is 2.16. The molecule has 0 saturated heterocycles. The van der Waals surface area contributed by atoms with Gasteiger partial charge >= 0.3 is 11.7 Å². The fraction of sp³-hybridized carbons (Fsp3) is 0.200. The summed E-state index contributed by atoms with van der Waals surface area (Å²) in [6.45, 7) is 1.71. The summed E-state index contributed by atoms with van der Waals surface area (Å²) in [6.07, 6.45) is 0.325. The van der Waals surface area contributed by atoms with E-state index >= 15 is 0 Å². The summed E-state index contributed by atoms with van der Waals surface area (Å²) in [5.41, 5.74) is 8.50. The molecule has 0 aliphatic heterocycles. The molecule has 0 aliphatic rings. The quantitative estimate of drug-likeness (QED) is 0.278. The van der Waals surface area contributed by atoms with Crippen molar-refractivity contribution in [3.05, 3.63) is 34.3 Å². The second kappa shape index (κ2) is 5.44. The average Bonchev–Trinajstić information content (AvgIpc) is 2.23. The molecule has 78 valence electrons. The predicted molar refractivity (Wildman–Crippen MR) is 58.7 cm³/mol. The third-order valence-corrected chi connectivity index (χ3v) is 2.24. The van der Waals surface area contributed by atoms with Crippen molar-refractivity contribution in [3.8, 4) is 5.75 Å². The number of rotatable bonds is 3. The monoisotopic (exact) mass is 268 g/mol. The summed E-state index contributed by atoms with van der Waals surface area (Å²) in [5.74, 6) is -0.222. The van der Waals surface area contributed by atoms with Crippen LogP contribution < -0.4 is 4.74 Å². The van der Waals surface area contributed by atoms with Gasteiger partial charge in [0, 0.05) is 4.47 Å². The number of halogens is 1. The molecule has 0 unspecified atom stereocenters. The van der Waals surface area contributed by atoms with Gasteiger partial charge in [-0.3, -0.25) is 0 Å². The maximum Gasteiger partial charge on any atom is 0.422 e. The molecule has 0 spiro atoms. The van der Waals surface area contributed by atoms with Crippen LogP contribution in [0.2, 0.25) is 0 Å². The van der Waals surface area contributed by atoms with Crippen LogP contribution in [0.1, 0.15) is 13.3 Å². The summed E-state index contributed by atoms with van der Waals surface area (Å²) in [4.78, 5) is 14.2. The third-order valence-electron chi connectivity index (χ3n) is 1.72. The highest BCUT2D eigenvalue weighted by Gasteiger charge is 2.19. The van der Waals surface area contributed by atoms with Crippen LogP contribution in [-0.2, 0) is 4.79 Å². The number of carbonyl (C=O) groups is 1. The van der Waals surface area contributed by atoms with Crippen molar-refractivity contribution in [2.75, 3.05) is 0 Å². The largest absolute Gasteiger partial charge is 0.422 e. The second-order valence-electron chi connectivity index (χ2n) is 2.74. The first kappa shape index (κ1) is 11.6. The number of hydrogen-bond acceptors (Lipinski definition) is 2. The topological polar surface area (TPSA) is 62.7 Å². The van der Waals surface area contributed by atoms with Crippen LogP contribution in [-0.4, -0.2) is 16.5 Å². The lowest BCUT2D eigenvalue weighted by Crippen LogP contribution is -2.20. The number of hydrogen-bond donors (Lipinski definition) is 0. The van der Waals surface area contributed by atoms with Crippen molar-refractivity contribution < 1.29 is 14.3 Å². The van der Waals surface area contributed by atoms with Gasteiger partial charge in [0.05, 0.1) is 6.42 Å². The maximum atomic E-state index is 11.3. The van der Waals surface area contributed by atoms with E-state index in [1.165, 1.54) is 0 Å². The maximum absolute atomic E-state index is 11.3. The van der Waals surface area contributed by atoms with Gasteiger partial charge in [0.15, 0.2) is 0 Å². The smallest absolute Gasteiger partial charge is 0.418 e. The van der Waals surface area contributed by atoms with Crippen LogP contribution in [0.3, 0.4) is 0 Å². The van der Waals surface area contributed by atoms with Gasteiger partial charge in [0.1, 0.15) is 5.75 Å². The van der Waals surface area contributed by atoms with Crippen LogP contribution >= 0.6 is 15.9 Å². The molecular formula is C10H9BrN2O2. The first-order valence-corrected chi connectivity index (χ1v) is 5.15. The summed E-state index contributed by atoms with van der Waals surface area (Å²) in [6, 6.07) is 6.80. The number of ether oxygens (including phenoxy) is 1. The molecule has 0 amide bonds. The van der Waals surface area contributed by atoms with Gasteiger partial charge in [0.2, 0.25) is 0 Å². The molecule has 1 aromatic carbocycles. The van der Waals surface area contributed by atoms with Gasteiger partial charge in [-0.25, -0.2) is 4.79 Å². The van der Waals surface area contributed by atoms with E-state index in [4.69, 9.17) is 10.3 Å². The average molecular weight is 269 g/mol. The van der Waals surface area contributed by atoms with E-state index in [1.54, 1.807) is 31.2 Å². The molecule has 1 aromatic rings. The van der Waals surface area contributed by atoms with Crippen LogP contribution in [0.15, 0.2) is 28.7 Å². The van der Waals surface area contributed by atoms with Gasteiger partial charge in [-0.1, -0.05) is 22.9 Å². The van der Waals surface area contributed by atoms with E-state index in [9.17, 15) is 4.79 Å². The Balaban J connectivity index is 2.74. The Morgan fingerprint density at radius 3 is 2.53 bits per heavy atom. The highest BCUT2D eigenvalue weighted by molar-refractivity contribution is 9.10. The molecule has 0 saturated carbocycles. The first-order valence-electron chi connectivity index (χ1n) is 4.36. The molecule has 0 fully saturated rings. The zero-order valence-electron chi connectivity index (χ0n) is 8.11. The molecule has 0 atom stereocenters. The highest BCUT2D eigenvalue weighted by atomic mass is 79.9. The van der Waals surface area contributed by atoms with E-state index in [2.05, 4.69) is 20.7 Å². The summed E-state index contributed by atoms with van der Waals surface area (Å²) < 4.78 is 5.86. The molecule has 0 aliphatic carbocycles. The lowest BCUT2D eigenvalue weighted by molar-refractivity contribution is -0.131. The van der Waals surface area contributed by atoms with Crippen LogP contribution in [0, 0.1) is 0 Å². The molecule has 0 N–H and O–H groups in total. The van der Waals surface area contributed by atoms with E-state index in [1.807, 2.05) is 0 Å². The Bertz CT molecular complexity index is 408. The molecule has 0 aromatic heterocycles. The normalized spacial score (nSPS) is 9.20. The lowest BCUT2D eigenvalue weighted by atomic mass is 10.3. The molecule has 0 bridgehead atoms. The van der Waals surface area contributed by atoms with Crippen LogP contribution in [0.4, 0.5) is 0 Å². The van der Waals surface area contributed by atoms with Gasteiger partial charge in [-0.15, -0.1) is 0 Å². The Morgan fingerprint density at radius 1 is 1.47 bits per heavy atom. The molecule has 5 heteroatoms. The van der Waals surface area contributed by atoms with Crippen LogP contribution in [0.25, 0.3) is 5.53 Å². The molecule has 0 heterocycles. The standard InChI is InChI=1S/C10H9BrN2O2/c1-2-9(13-12)10(14)15-8-5-3-7(11)4-6-8/h3-6H,2H2,1H3. The number of esters is 1. The van der Waals surface area contributed by atoms with Gasteiger partial charge < -0.3 is 10.3 Å². The molecule has 4 nitrogen and oxygen atoms in total. The number of nitrogens with zero attached hydrogens (tertiary/aromatic N) is 2. The van der Waals surface area contributed by atoms with E-state index in [0.29, 0.717) is 12.2 Å². The van der Waals surface area contributed by atoms with E-state index < -0.39 is 5.97 Å². The zero-order chi connectivity index (χ0) is 11.3. The number of carbonyl (C=O) groups excluding carboxylic acids is 1. The van der Waals surface area contributed by atoms with Crippen molar-refractivity contribution in [1.29, 1.82) is 0 Å². The minimum absolute atomic E-state index is 0.00193. The van der Waals surface area contributed by atoms with Crippen molar-refractivity contribution in [1.82, 2.24) is 0 Å². The Kier molecular flexibility index (Phi) is 4.21. The molecule has 1 rings (SSSR count). The van der Waals surface area contributed by atoms with Crippen molar-refractivity contribution in [2.45, 2.75) is 13.3 Å². The summed E-state index contributed by atoms with van der Waals surface area (Å²) in [7, 11) is 0. The van der Waals surface area contributed by atoms with Crippen molar-refractivity contribution >= 4 is 27.6 Å². The summed E-state index contributed by atoms with van der Waals surface area (Å²) >= 11 is 3.26. The minimum Gasteiger partial charge on any atom is -0.418 e. The third kappa shape index (κ3) is 3.31.